The molecule has 1 unspecified atom stereocenters. The summed E-state index contributed by atoms with van der Waals surface area (Å²) in [5.41, 5.74) is 4.15. The standard InChI is InChI=1S/C12H22N4O/c1-6-9-8(3)10(16-13)15-11(14-9)12(4,7-2)17-5/h6-7,13H2,1-5H3,(H,14,15,16). The van der Waals surface area contributed by atoms with Crippen molar-refractivity contribution in [1.82, 2.24) is 9.97 Å². The van der Waals surface area contributed by atoms with E-state index < -0.39 is 5.60 Å². The van der Waals surface area contributed by atoms with Crippen molar-refractivity contribution in [2.75, 3.05) is 12.5 Å². The molecule has 1 heterocycles. The maximum atomic E-state index is 5.52. The van der Waals surface area contributed by atoms with Crippen molar-refractivity contribution in [3.8, 4) is 0 Å². The van der Waals surface area contributed by atoms with Crippen molar-refractivity contribution in [2.24, 2.45) is 5.84 Å². The number of aryl methyl sites for hydroxylation is 1. The van der Waals surface area contributed by atoms with E-state index in [-0.39, 0.29) is 0 Å². The zero-order valence-electron chi connectivity index (χ0n) is 11.3. The first-order valence-corrected chi connectivity index (χ1v) is 5.92. The molecule has 1 rings (SSSR count). The number of nitrogens with two attached hydrogens (primary N) is 1. The number of hydrogen-bond donors (Lipinski definition) is 2. The molecule has 1 atom stereocenters. The average Bonchev–Trinajstić information content (AvgIpc) is 2.38. The van der Waals surface area contributed by atoms with Crippen LogP contribution < -0.4 is 11.3 Å². The van der Waals surface area contributed by atoms with Crippen LogP contribution in [0.25, 0.3) is 0 Å². The molecule has 5 nitrogen and oxygen atoms in total. The minimum atomic E-state index is -0.469. The van der Waals surface area contributed by atoms with Crippen LogP contribution in [0.3, 0.4) is 0 Å². The highest BCUT2D eigenvalue weighted by atomic mass is 16.5. The van der Waals surface area contributed by atoms with E-state index in [1.165, 1.54) is 0 Å². The molecule has 3 N–H and O–H groups in total. The number of nitrogens with one attached hydrogen (secondary N) is 1. The molecule has 0 radical (unpaired) electrons. The largest absolute Gasteiger partial charge is 0.371 e. The van der Waals surface area contributed by atoms with Gasteiger partial charge in [-0.3, -0.25) is 0 Å². The molecule has 5 heteroatoms. The number of nitrogens with zero attached hydrogens (tertiary/aromatic N) is 2. The lowest BCUT2D eigenvalue weighted by molar-refractivity contribution is -0.00905. The van der Waals surface area contributed by atoms with Gasteiger partial charge in [-0.2, -0.15) is 0 Å². The first-order valence-electron chi connectivity index (χ1n) is 5.92. The molecule has 0 fully saturated rings. The van der Waals surface area contributed by atoms with Crippen LogP contribution in [0.2, 0.25) is 0 Å². The van der Waals surface area contributed by atoms with Crippen LogP contribution in [0, 0.1) is 6.92 Å². The van der Waals surface area contributed by atoms with E-state index in [9.17, 15) is 0 Å². The molecular weight excluding hydrogens is 216 g/mol. The number of ether oxygens (including phenoxy) is 1. The molecule has 0 saturated heterocycles. The molecule has 0 aliphatic heterocycles. The lowest BCUT2D eigenvalue weighted by Crippen LogP contribution is -2.28. The van der Waals surface area contributed by atoms with E-state index in [4.69, 9.17) is 10.6 Å². The van der Waals surface area contributed by atoms with E-state index in [1.807, 2.05) is 20.8 Å². The third-order valence-electron chi connectivity index (χ3n) is 3.32. The number of anilines is 1. The number of rotatable bonds is 5. The van der Waals surface area contributed by atoms with Gasteiger partial charge in [0.25, 0.3) is 0 Å². The van der Waals surface area contributed by atoms with Crippen molar-refractivity contribution < 1.29 is 4.74 Å². The third kappa shape index (κ3) is 2.56. The number of hydrazine groups is 1. The first kappa shape index (κ1) is 13.9. The summed E-state index contributed by atoms with van der Waals surface area (Å²) in [5, 5.41) is 0. The molecule has 0 aliphatic carbocycles. The lowest BCUT2D eigenvalue weighted by Gasteiger charge is -2.26. The minimum absolute atomic E-state index is 0.469. The summed E-state index contributed by atoms with van der Waals surface area (Å²) in [6.45, 7) is 8.06. The van der Waals surface area contributed by atoms with E-state index in [0.717, 1.165) is 24.1 Å². The van der Waals surface area contributed by atoms with Gasteiger partial charge >= 0.3 is 0 Å². The highest BCUT2D eigenvalue weighted by Crippen LogP contribution is 2.27. The Labute approximate surface area is 103 Å². The SMILES string of the molecule is CCc1nc(C(C)(CC)OC)nc(NN)c1C. The van der Waals surface area contributed by atoms with Crippen LogP contribution in [-0.4, -0.2) is 17.1 Å². The van der Waals surface area contributed by atoms with E-state index in [2.05, 4.69) is 22.3 Å². The summed E-state index contributed by atoms with van der Waals surface area (Å²) in [6, 6.07) is 0. The van der Waals surface area contributed by atoms with Crippen molar-refractivity contribution in [3.05, 3.63) is 17.1 Å². The Kier molecular flexibility index (Phi) is 4.42. The highest BCUT2D eigenvalue weighted by molar-refractivity contribution is 5.45. The topological polar surface area (TPSA) is 73.1 Å². The second-order valence-corrected chi connectivity index (χ2v) is 4.25. The number of hydrogen-bond acceptors (Lipinski definition) is 5. The van der Waals surface area contributed by atoms with Crippen LogP contribution in [0.1, 0.15) is 44.3 Å². The summed E-state index contributed by atoms with van der Waals surface area (Å²) in [6.07, 6.45) is 1.65. The number of nitrogen functional groups attached to an aromatic ring is 1. The zero-order valence-corrected chi connectivity index (χ0v) is 11.3. The molecule has 0 saturated carbocycles. The van der Waals surface area contributed by atoms with Gasteiger partial charge < -0.3 is 10.2 Å². The van der Waals surface area contributed by atoms with Crippen LogP contribution in [0.15, 0.2) is 0 Å². The summed E-state index contributed by atoms with van der Waals surface area (Å²) < 4.78 is 5.52. The van der Waals surface area contributed by atoms with Gasteiger partial charge in [0.1, 0.15) is 11.4 Å². The molecule has 0 aliphatic rings. The Morgan fingerprint density at radius 1 is 1.35 bits per heavy atom. The monoisotopic (exact) mass is 238 g/mol. The van der Waals surface area contributed by atoms with Gasteiger partial charge in [0, 0.05) is 18.4 Å². The van der Waals surface area contributed by atoms with Crippen LogP contribution in [0.4, 0.5) is 5.82 Å². The Balaban J connectivity index is 3.35. The van der Waals surface area contributed by atoms with Gasteiger partial charge in [-0.15, -0.1) is 0 Å². The van der Waals surface area contributed by atoms with Gasteiger partial charge in [0.15, 0.2) is 5.82 Å². The Morgan fingerprint density at radius 3 is 2.41 bits per heavy atom. The van der Waals surface area contributed by atoms with Crippen molar-refractivity contribution >= 4 is 5.82 Å². The van der Waals surface area contributed by atoms with Crippen molar-refractivity contribution in [1.29, 1.82) is 0 Å². The maximum absolute atomic E-state index is 5.52. The fourth-order valence-electron chi connectivity index (χ4n) is 1.68. The average molecular weight is 238 g/mol. The van der Waals surface area contributed by atoms with Gasteiger partial charge in [0.2, 0.25) is 0 Å². The molecule has 0 amide bonds. The minimum Gasteiger partial charge on any atom is -0.371 e. The molecular formula is C12H22N4O. The molecule has 0 spiro atoms. The third-order valence-corrected chi connectivity index (χ3v) is 3.32. The smallest absolute Gasteiger partial charge is 0.162 e. The molecule has 1 aromatic rings. The Bertz CT molecular complexity index is 363. The quantitative estimate of drug-likeness (QED) is 0.605. The van der Waals surface area contributed by atoms with Gasteiger partial charge in [0.05, 0.1) is 0 Å². The molecule has 96 valence electrons. The fourth-order valence-corrected chi connectivity index (χ4v) is 1.68. The maximum Gasteiger partial charge on any atom is 0.162 e. The fraction of sp³-hybridized carbons (Fsp3) is 0.667. The van der Waals surface area contributed by atoms with E-state index in [0.29, 0.717) is 11.6 Å². The molecule has 0 bridgehead atoms. The Morgan fingerprint density at radius 2 is 2.00 bits per heavy atom. The summed E-state index contributed by atoms with van der Waals surface area (Å²) in [4.78, 5) is 9.02. The summed E-state index contributed by atoms with van der Waals surface area (Å²) >= 11 is 0. The van der Waals surface area contributed by atoms with Gasteiger partial charge in [-0.1, -0.05) is 13.8 Å². The molecule has 0 aromatic carbocycles. The van der Waals surface area contributed by atoms with Crippen LogP contribution in [-0.2, 0) is 16.8 Å². The Hall–Kier alpha value is -1.20. The predicted molar refractivity (Wildman–Crippen MR) is 68.6 cm³/mol. The predicted octanol–water partition coefficient (Wildman–Crippen LogP) is 1.90. The van der Waals surface area contributed by atoms with E-state index >= 15 is 0 Å². The molecule has 17 heavy (non-hydrogen) atoms. The number of methoxy groups -OCH3 is 1. The van der Waals surface area contributed by atoms with Crippen LogP contribution >= 0.6 is 0 Å². The van der Waals surface area contributed by atoms with E-state index in [1.54, 1.807) is 7.11 Å². The second kappa shape index (κ2) is 5.42. The lowest BCUT2D eigenvalue weighted by atomic mass is 10.0. The molecule has 1 aromatic heterocycles. The van der Waals surface area contributed by atoms with Crippen molar-refractivity contribution in [2.45, 2.75) is 46.1 Å². The van der Waals surface area contributed by atoms with Crippen molar-refractivity contribution in [3.63, 3.8) is 0 Å². The number of aromatic nitrogens is 2. The van der Waals surface area contributed by atoms with Gasteiger partial charge in [-0.25, -0.2) is 15.8 Å². The first-order chi connectivity index (χ1) is 8.02. The summed E-state index contributed by atoms with van der Waals surface area (Å²) in [7, 11) is 1.67. The zero-order chi connectivity index (χ0) is 13.1. The highest BCUT2D eigenvalue weighted by Gasteiger charge is 2.28. The van der Waals surface area contributed by atoms with Crippen LogP contribution in [0.5, 0.6) is 0 Å². The van der Waals surface area contributed by atoms with Gasteiger partial charge in [-0.05, 0) is 26.7 Å². The summed E-state index contributed by atoms with van der Waals surface area (Å²) in [5.74, 6) is 6.84. The second-order valence-electron chi connectivity index (χ2n) is 4.25. The normalized spacial score (nSPS) is 14.5.